The first kappa shape index (κ1) is 9.34. The maximum absolute atomic E-state index is 6.07. The molecule has 3 heteroatoms. The van der Waals surface area contributed by atoms with Crippen molar-refractivity contribution in [2.45, 2.75) is 25.8 Å². The maximum Gasteiger partial charge on any atom is 0.101 e. The van der Waals surface area contributed by atoms with Gasteiger partial charge < -0.3 is 14.9 Å². The Labute approximate surface area is 83.5 Å². The van der Waals surface area contributed by atoms with Crippen molar-refractivity contribution in [3.05, 3.63) is 35.5 Å². The Bertz CT molecular complexity index is 341. The van der Waals surface area contributed by atoms with E-state index in [1.54, 1.807) is 12.5 Å². The third-order valence-corrected chi connectivity index (χ3v) is 2.47. The van der Waals surface area contributed by atoms with Crippen molar-refractivity contribution in [2.24, 2.45) is 5.73 Å². The van der Waals surface area contributed by atoms with E-state index >= 15 is 0 Å². The van der Waals surface area contributed by atoms with E-state index in [-0.39, 0.29) is 6.04 Å². The minimum atomic E-state index is -0.0762. The molecule has 2 rings (SSSR count). The summed E-state index contributed by atoms with van der Waals surface area (Å²) < 4.78 is 10.5. The van der Waals surface area contributed by atoms with E-state index < -0.39 is 0 Å². The quantitative estimate of drug-likeness (QED) is 0.783. The normalized spacial score (nSPS) is 18.6. The average Bonchev–Trinajstić information content (AvgIpc) is 2.65. The summed E-state index contributed by atoms with van der Waals surface area (Å²) >= 11 is 0. The van der Waals surface area contributed by atoms with Crippen LogP contribution in [0.2, 0.25) is 0 Å². The molecule has 0 saturated heterocycles. The van der Waals surface area contributed by atoms with Crippen LogP contribution in [0.15, 0.2) is 28.6 Å². The van der Waals surface area contributed by atoms with E-state index in [0.717, 1.165) is 36.3 Å². The molecule has 76 valence electrons. The van der Waals surface area contributed by atoms with Crippen molar-refractivity contribution < 1.29 is 9.15 Å². The van der Waals surface area contributed by atoms with Gasteiger partial charge in [0.15, 0.2) is 0 Å². The molecule has 0 aliphatic carbocycles. The monoisotopic (exact) mass is 193 g/mol. The van der Waals surface area contributed by atoms with Gasteiger partial charge in [0.1, 0.15) is 5.76 Å². The van der Waals surface area contributed by atoms with Gasteiger partial charge in [-0.05, 0) is 31.4 Å². The summed E-state index contributed by atoms with van der Waals surface area (Å²) in [4.78, 5) is 0. The third-order valence-electron chi connectivity index (χ3n) is 2.47. The van der Waals surface area contributed by atoms with Gasteiger partial charge in [-0.1, -0.05) is 0 Å². The highest BCUT2D eigenvalue weighted by Crippen LogP contribution is 2.26. The summed E-state index contributed by atoms with van der Waals surface area (Å²) in [5, 5.41) is 0. The van der Waals surface area contributed by atoms with Gasteiger partial charge in [-0.3, -0.25) is 0 Å². The molecule has 1 aromatic heterocycles. The molecule has 2 N–H and O–H groups in total. The highest BCUT2D eigenvalue weighted by molar-refractivity contribution is 5.25. The number of hydrogen-bond acceptors (Lipinski definition) is 3. The minimum Gasteiger partial charge on any atom is -0.501 e. The first-order valence-electron chi connectivity index (χ1n) is 4.88. The molecular weight excluding hydrogens is 178 g/mol. The largest absolute Gasteiger partial charge is 0.501 e. The van der Waals surface area contributed by atoms with Gasteiger partial charge in [0.2, 0.25) is 0 Å². The lowest BCUT2D eigenvalue weighted by Gasteiger charge is -2.18. The lowest BCUT2D eigenvalue weighted by molar-refractivity contribution is 0.221. The van der Waals surface area contributed by atoms with E-state index in [1.807, 2.05) is 13.0 Å². The van der Waals surface area contributed by atoms with Crippen molar-refractivity contribution in [1.82, 2.24) is 0 Å². The van der Waals surface area contributed by atoms with Crippen molar-refractivity contribution in [3.8, 4) is 0 Å². The zero-order valence-electron chi connectivity index (χ0n) is 8.32. The molecular formula is C11H15NO2. The molecule has 1 unspecified atom stereocenters. The molecule has 1 atom stereocenters. The minimum absolute atomic E-state index is 0.0762. The first-order chi connectivity index (χ1) is 6.77. The Morgan fingerprint density at radius 1 is 1.50 bits per heavy atom. The van der Waals surface area contributed by atoms with Gasteiger partial charge in [0.05, 0.1) is 25.2 Å². The number of furan rings is 1. The first-order valence-corrected chi connectivity index (χ1v) is 4.88. The Kier molecular flexibility index (Phi) is 2.59. The Hall–Kier alpha value is -1.22. The predicted octanol–water partition coefficient (Wildman–Crippen LogP) is 2.28. The molecule has 0 aromatic carbocycles. The molecule has 3 nitrogen and oxygen atoms in total. The molecule has 0 spiro atoms. The number of aryl methyl sites for hydroxylation is 1. The zero-order chi connectivity index (χ0) is 9.97. The molecule has 0 radical (unpaired) electrons. The van der Waals surface area contributed by atoms with Gasteiger partial charge in [0.25, 0.3) is 0 Å². The van der Waals surface area contributed by atoms with Gasteiger partial charge in [-0.25, -0.2) is 0 Å². The van der Waals surface area contributed by atoms with Crippen LogP contribution in [0.1, 0.15) is 30.2 Å². The number of ether oxygens (including phenoxy) is 1. The van der Waals surface area contributed by atoms with Crippen LogP contribution in [0.3, 0.4) is 0 Å². The summed E-state index contributed by atoms with van der Waals surface area (Å²) in [6.07, 6.45) is 5.58. The molecule has 0 saturated carbocycles. The maximum atomic E-state index is 6.07. The Morgan fingerprint density at radius 3 is 2.93 bits per heavy atom. The van der Waals surface area contributed by atoms with Gasteiger partial charge >= 0.3 is 0 Å². The number of rotatable bonds is 2. The molecule has 0 fully saturated rings. The van der Waals surface area contributed by atoms with Crippen molar-refractivity contribution in [2.75, 3.05) is 6.61 Å². The summed E-state index contributed by atoms with van der Waals surface area (Å²) in [6.45, 7) is 2.72. The van der Waals surface area contributed by atoms with E-state index in [0.29, 0.717) is 0 Å². The highest BCUT2D eigenvalue weighted by Gasteiger charge is 2.16. The van der Waals surface area contributed by atoms with Crippen LogP contribution >= 0.6 is 0 Å². The summed E-state index contributed by atoms with van der Waals surface area (Å²) in [6, 6.07) is 1.90. The Morgan fingerprint density at radius 2 is 2.36 bits per heavy atom. The van der Waals surface area contributed by atoms with Crippen LogP contribution in [-0.4, -0.2) is 6.61 Å². The van der Waals surface area contributed by atoms with E-state index in [9.17, 15) is 0 Å². The van der Waals surface area contributed by atoms with Gasteiger partial charge in [-0.15, -0.1) is 0 Å². The molecule has 0 bridgehead atoms. The van der Waals surface area contributed by atoms with E-state index in [4.69, 9.17) is 14.9 Å². The molecule has 2 heterocycles. The molecule has 0 amide bonds. The summed E-state index contributed by atoms with van der Waals surface area (Å²) in [5.74, 6) is 0.896. The second-order valence-corrected chi connectivity index (χ2v) is 3.64. The van der Waals surface area contributed by atoms with Crippen LogP contribution in [0.4, 0.5) is 0 Å². The van der Waals surface area contributed by atoms with Crippen LogP contribution in [-0.2, 0) is 4.74 Å². The van der Waals surface area contributed by atoms with Crippen molar-refractivity contribution in [1.29, 1.82) is 0 Å². The topological polar surface area (TPSA) is 48.4 Å². The fourth-order valence-electron chi connectivity index (χ4n) is 1.65. The Balaban J connectivity index is 2.14. The lowest BCUT2D eigenvalue weighted by atomic mass is 9.98. The third kappa shape index (κ3) is 1.82. The zero-order valence-corrected chi connectivity index (χ0v) is 8.32. The molecule has 1 aliphatic rings. The van der Waals surface area contributed by atoms with Crippen LogP contribution in [0.25, 0.3) is 0 Å². The highest BCUT2D eigenvalue weighted by atomic mass is 16.5. The summed E-state index contributed by atoms with van der Waals surface area (Å²) in [5.41, 5.74) is 8.25. The smallest absolute Gasteiger partial charge is 0.101 e. The fraction of sp³-hybridized carbons (Fsp3) is 0.455. The summed E-state index contributed by atoms with van der Waals surface area (Å²) in [7, 11) is 0. The van der Waals surface area contributed by atoms with Crippen molar-refractivity contribution >= 4 is 0 Å². The van der Waals surface area contributed by atoms with Crippen LogP contribution < -0.4 is 5.73 Å². The van der Waals surface area contributed by atoms with Crippen LogP contribution in [0.5, 0.6) is 0 Å². The SMILES string of the molecule is Cc1cc(C(N)C2=COCCC2)co1. The second-order valence-electron chi connectivity index (χ2n) is 3.64. The molecule has 1 aliphatic heterocycles. The lowest BCUT2D eigenvalue weighted by Crippen LogP contribution is -2.15. The van der Waals surface area contributed by atoms with Gasteiger partial charge in [-0.2, -0.15) is 0 Å². The molecule has 1 aromatic rings. The number of hydrogen-bond donors (Lipinski definition) is 1. The van der Waals surface area contributed by atoms with E-state index in [1.165, 1.54) is 0 Å². The van der Waals surface area contributed by atoms with E-state index in [2.05, 4.69) is 0 Å². The van der Waals surface area contributed by atoms with Crippen LogP contribution in [0, 0.1) is 6.92 Å². The molecule has 14 heavy (non-hydrogen) atoms. The number of nitrogens with two attached hydrogens (primary N) is 1. The fourth-order valence-corrected chi connectivity index (χ4v) is 1.65. The standard InChI is InChI=1S/C11H15NO2/c1-8-5-10(7-14-8)11(12)9-3-2-4-13-6-9/h5-7,11H,2-4,12H2,1H3. The van der Waals surface area contributed by atoms with Gasteiger partial charge in [0, 0.05) is 5.56 Å². The van der Waals surface area contributed by atoms with Crippen molar-refractivity contribution in [3.63, 3.8) is 0 Å². The second kappa shape index (κ2) is 3.88. The average molecular weight is 193 g/mol. The predicted molar refractivity (Wildman–Crippen MR) is 53.6 cm³/mol.